The van der Waals surface area contributed by atoms with E-state index in [-0.39, 0.29) is 11.7 Å². The van der Waals surface area contributed by atoms with Crippen molar-refractivity contribution in [1.29, 1.82) is 0 Å². The summed E-state index contributed by atoms with van der Waals surface area (Å²) in [6.07, 6.45) is 3.62. The van der Waals surface area contributed by atoms with Crippen molar-refractivity contribution in [3.8, 4) is 22.7 Å². The number of carbonyl (C=O) groups is 1. The highest BCUT2D eigenvalue weighted by Crippen LogP contribution is 2.33. The Kier molecular flexibility index (Phi) is 6.43. The van der Waals surface area contributed by atoms with Crippen LogP contribution in [0.25, 0.3) is 23.0 Å². The van der Waals surface area contributed by atoms with Gasteiger partial charge in [-0.05, 0) is 85.3 Å². The molecule has 6 nitrogen and oxygen atoms in total. The zero-order valence-corrected chi connectivity index (χ0v) is 20.8. The van der Waals surface area contributed by atoms with Gasteiger partial charge in [0.25, 0.3) is 5.91 Å². The van der Waals surface area contributed by atoms with Crippen LogP contribution >= 0.6 is 11.8 Å². The molecule has 4 aromatic rings. The van der Waals surface area contributed by atoms with Crippen LogP contribution in [0, 0.1) is 19.7 Å². The Morgan fingerprint density at radius 2 is 1.89 bits per heavy atom. The molecule has 0 atom stereocenters. The molecular formula is C28H23FN4O2S. The van der Waals surface area contributed by atoms with E-state index in [9.17, 15) is 9.18 Å². The SMILES string of the molecule is COc1cccc(-c2nn(-c3ccc(F)cc3)cc2C=C2SC(=Nc3cc(C)ccc3C)NC2=O)c1. The topological polar surface area (TPSA) is 68.5 Å². The van der Waals surface area contributed by atoms with E-state index < -0.39 is 0 Å². The molecule has 1 saturated heterocycles. The van der Waals surface area contributed by atoms with Crippen molar-refractivity contribution in [3.05, 3.63) is 100 Å². The van der Waals surface area contributed by atoms with Gasteiger partial charge >= 0.3 is 0 Å². The lowest BCUT2D eigenvalue weighted by atomic mass is 10.1. The molecule has 5 rings (SSSR count). The highest BCUT2D eigenvalue weighted by atomic mass is 32.2. The highest BCUT2D eigenvalue weighted by molar-refractivity contribution is 8.18. The van der Waals surface area contributed by atoms with Gasteiger partial charge < -0.3 is 10.1 Å². The fourth-order valence-electron chi connectivity index (χ4n) is 3.78. The van der Waals surface area contributed by atoms with Crippen LogP contribution in [0.3, 0.4) is 0 Å². The summed E-state index contributed by atoms with van der Waals surface area (Å²) in [5.74, 6) is 0.143. The number of aliphatic imine (C=N–C) groups is 1. The van der Waals surface area contributed by atoms with Crippen molar-refractivity contribution in [2.75, 3.05) is 7.11 Å². The monoisotopic (exact) mass is 498 g/mol. The largest absolute Gasteiger partial charge is 0.497 e. The number of aryl methyl sites for hydroxylation is 2. The van der Waals surface area contributed by atoms with Gasteiger partial charge in [0.2, 0.25) is 0 Å². The molecule has 1 aliphatic rings. The first-order valence-corrected chi connectivity index (χ1v) is 12.1. The quantitative estimate of drug-likeness (QED) is 0.333. The lowest BCUT2D eigenvalue weighted by Crippen LogP contribution is -2.19. The Balaban J connectivity index is 1.55. The van der Waals surface area contributed by atoms with E-state index in [0.717, 1.165) is 27.9 Å². The third kappa shape index (κ3) is 4.94. The van der Waals surface area contributed by atoms with Crippen molar-refractivity contribution in [1.82, 2.24) is 15.1 Å². The number of amidine groups is 1. The Morgan fingerprint density at radius 3 is 2.67 bits per heavy atom. The molecule has 1 aliphatic heterocycles. The molecule has 2 heterocycles. The van der Waals surface area contributed by atoms with Gasteiger partial charge in [-0.2, -0.15) is 5.10 Å². The van der Waals surface area contributed by atoms with Crippen LogP contribution in [-0.4, -0.2) is 28.0 Å². The fraction of sp³-hybridized carbons (Fsp3) is 0.107. The molecule has 3 aromatic carbocycles. The first kappa shape index (κ1) is 23.6. The lowest BCUT2D eigenvalue weighted by molar-refractivity contribution is -0.115. The molecule has 0 bridgehead atoms. The van der Waals surface area contributed by atoms with Crippen LogP contribution < -0.4 is 10.1 Å². The average Bonchev–Trinajstić information content (AvgIpc) is 3.45. The maximum atomic E-state index is 13.5. The number of rotatable bonds is 5. The van der Waals surface area contributed by atoms with Crippen molar-refractivity contribution in [2.24, 2.45) is 4.99 Å². The molecule has 0 radical (unpaired) electrons. The van der Waals surface area contributed by atoms with Crippen LogP contribution in [0.15, 0.2) is 82.8 Å². The zero-order chi connectivity index (χ0) is 25.2. The third-order valence-electron chi connectivity index (χ3n) is 5.70. The molecule has 8 heteroatoms. The summed E-state index contributed by atoms with van der Waals surface area (Å²) < 4.78 is 20.5. The highest BCUT2D eigenvalue weighted by Gasteiger charge is 2.25. The predicted octanol–water partition coefficient (Wildman–Crippen LogP) is 6.20. The smallest absolute Gasteiger partial charge is 0.264 e. The molecule has 180 valence electrons. The summed E-state index contributed by atoms with van der Waals surface area (Å²) in [5, 5.41) is 8.13. The molecular weight excluding hydrogens is 475 g/mol. The minimum atomic E-state index is -0.323. The third-order valence-corrected chi connectivity index (χ3v) is 6.61. The van der Waals surface area contributed by atoms with Gasteiger partial charge in [-0.15, -0.1) is 0 Å². The number of carbonyl (C=O) groups excluding carboxylic acids is 1. The normalized spacial score (nSPS) is 15.5. The number of nitrogens with one attached hydrogen (secondary N) is 1. The second-order valence-electron chi connectivity index (χ2n) is 8.36. The number of aromatic nitrogens is 2. The van der Waals surface area contributed by atoms with E-state index in [0.29, 0.717) is 27.2 Å². The number of hydrogen-bond acceptors (Lipinski definition) is 5. The number of amides is 1. The molecule has 36 heavy (non-hydrogen) atoms. The minimum absolute atomic E-state index is 0.227. The fourth-order valence-corrected chi connectivity index (χ4v) is 4.61. The number of hydrogen-bond donors (Lipinski definition) is 1. The van der Waals surface area contributed by atoms with Crippen LogP contribution in [0.1, 0.15) is 16.7 Å². The molecule has 1 aromatic heterocycles. The van der Waals surface area contributed by atoms with Crippen LogP contribution in [0.2, 0.25) is 0 Å². The Morgan fingerprint density at radius 1 is 1.08 bits per heavy atom. The summed E-state index contributed by atoms with van der Waals surface area (Å²) in [7, 11) is 1.61. The van der Waals surface area contributed by atoms with E-state index in [2.05, 4.69) is 10.3 Å². The molecule has 1 fully saturated rings. The van der Waals surface area contributed by atoms with Gasteiger partial charge in [-0.3, -0.25) is 4.79 Å². The second kappa shape index (κ2) is 9.83. The van der Waals surface area contributed by atoms with E-state index >= 15 is 0 Å². The second-order valence-corrected chi connectivity index (χ2v) is 9.39. The molecule has 1 amide bonds. The average molecular weight is 499 g/mol. The number of benzene rings is 3. The summed E-state index contributed by atoms with van der Waals surface area (Å²) in [6.45, 7) is 4.00. The van der Waals surface area contributed by atoms with Crippen LogP contribution in [0.5, 0.6) is 5.75 Å². The van der Waals surface area contributed by atoms with Crippen molar-refractivity contribution in [2.45, 2.75) is 13.8 Å². The summed E-state index contributed by atoms with van der Waals surface area (Å²) in [4.78, 5) is 18.0. The van der Waals surface area contributed by atoms with Crippen molar-refractivity contribution >= 4 is 34.6 Å². The summed E-state index contributed by atoms with van der Waals surface area (Å²) in [5.41, 5.74) is 5.88. The van der Waals surface area contributed by atoms with Gasteiger partial charge in [0.1, 0.15) is 17.3 Å². The van der Waals surface area contributed by atoms with Crippen molar-refractivity contribution in [3.63, 3.8) is 0 Å². The molecule has 0 unspecified atom stereocenters. The number of nitrogens with zero attached hydrogens (tertiary/aromatic N) is 3. The summed E-state index contributed by atoms with van der Waals surface area (Å²) in [6, 6.07) is 19.7. The van der Waals surface area contributed by atoms with E-state index in [1.807, 2.05) is 62.5 Å². The number of thioether (sulfide) groups is 1. The van der Waals surface area contributed by atoms with E-state index in [1.54, 1.807) is 30.0 Å². The molecule has 0 saturated carbocycles. The van der Waals surface area contributed by atoms with Gasteiger partial charge in [-0.25, -0.2) is 14.1 Å². The van der Waals surface area contributed by atoms with Crippen LogP contribution in [-0.2, 0) is 4.79 Å². The predicted molar refractivity (Wildman–Crippen MR) is 142 cm³/mol. The lowest BCUT2D eigenvalue weighted by Gasteiger charge is -2.04. The molecule has 0 spiro atoms. The molecule has 0 aliphatic carbocycles. The number of ether oxygens (including phenoxy) is 1. The van der Waals surface area contributed by atoms with Gasteiger partial charge in [0.15, 0.2) is 5.17 Å². The van der Waals surface area contributed by atoms with Crippen molar-refractivity contribution < 1.29 is 13.9 Å². The van der Waals surface area contributed by atoms with E-state index in [4.69, 9.17) is 9.84 Å². The first-order valence-electron chi connectivity index (χ1n) is 11.3. The standard InChI is InChI=1S/C28H23FN4O2S/c1-17-7-8-18(2)24(13-17)30-28-31-27(34)25(36-28)15-20-16-33(22-11-9-21(29)10-12-22)32-26(20)19-5-4-6-23(14-19)35-3/h4-16H,1-3H3,(H,30,31,34). The van der Waals surface area contributed by atoms with E-state index in [1.165, 1.54) is 23.9 Å². The Labute approximate surface area is 212 Å². The Bertz CT molecular complexity index is 1520. The minimum Gasteiger partial charge on any atom is -0.497 e. The molecule has 1 N–H and O–H groups in total. The van der Waals surface area contributed by atoms with Gasteiger partial charge in [-0.1, -0.05) is 24.3 Å². The van der Waals surface area contributed by atoms with Gasteiger partial charge in [0.05, 0.1) is 23.4 Å². The first-order chi connectivity index (χ1) is 17.4. The van der Waals surface area contributed by atoms with Crippen LogP contribution in [0.4, 0.5) is 10.1 Å². The summed E-state index contributed by atoms with van der Waals surface area (Å²) >= 11 is 1.28. The van der Waals surface area contributed by atoms with Gasteiger partial charge in [0, 0.05) is 17.3 Å². The maximum Gasteiger partial charge on any atom is 0.264 e. The maximum absolute atomic E-state index is 13.5. The Hall–Kier alpha value is -4.17. The zero-order valence-electron chi connectivity index (χ0n) is 19.9. The number of methoxy groups -OCH3 is 1. The number of halogens is 1.